The van der Waals surface area contributed by atoms with E-state index in [-0.39, 0.29) is 0 Å². The minimum Gasteiger partial charge on any atom is -0.309 e. The van der Waals surface area contributed by atoms with Crippen molar-refractivity contribution in [3.8, 4) is 51.0 Å². The highest BCUT2D eigenvalue weighted by atomic mass is 79.9. The van der Waals surface area contributed by atoms with Crippen LogP contribution in [0, 0.1) is 13.8 Å². The van der Waals surface area contributed by atoms with Crippen LogP contribution >= 0.6 is 15.9 Å². The van der Waals surface area contributed by atoms with Crippen molar-refractivity contribution in [2.24, 2.45) is 0 Å². The van der Waals surface area contributed by atoms with E-state index in [9.17, 15) is 0 Å². The zero-order valence-electron chi connectivity index (χ0n) is 34.8. The highest BCUT2D eigenvalue weighted by molar-refractivity contribution is 9.10. The van der Waals surface area contributed by atoms with Gasteiger partial charge in [0.25, 0.3) is 0 Å². The van der Waals surface area contributed by atoms with Crippen LogP contribution in [0.2, 0.25) is 0 Å². The molecule has 0 radical (unpaired) electrons. The molecular weight excluding hydrogens is 839 g/mol. The Kier molecular flexibility index (Phi) is 10.9. The van der Waals surface area contributed by atoms with Crippen LogP contribution in [0.15, 0.2) is 211 Å². The van der Waals surface area contributed by atoms with Crippen molar-refractivity contribution in [3.63, 3.8) is 0 Å². The topological polar surface area (TPSA) is 66.3 Å². The maximum absolute atomic E-state index is 4.46. The summed E-state index contributed by atoms with van der Waals surface area (Å²) in [5.41, 5.74) is 13.5. The Morgan fingerprint density at radius 3 is 1.22 bits per heavy atom. The summed E-state index contributed by atoms with van der Waals surface area (Å²) in [7, 11) is 0. The lowest BCUT2D eigenvalue weighted by Gasteiger charge is -2.11. The maximum Gasteiger partial charge on any atom is 0.168 e. The molecule has 0 fully saturated rings. The van der Waals surface area contributed by atoms with Crippen LogP contribution in [0.5, 0.6) is 0 Å². The third-order valence-electron chi connectivity index (χ3n) is 11.5. The molecule has 0 amide bonds. The zero-order valence-corrected chi connectivity index (χ0v) is 36.4. The molecule has 304 valence electrons. The van der Waals surface area contributed by atoms with Crippen LogP contribution in [-0.2, 0) is 6.42 Å². The Morgan fingerprint density at radius 2 is 0.746 bits per heavy atom. The van der Waals surface area contributed by atoms with Gasteiger partial charge >= 0.3 is 0 Å². The van der Waals surface area contributed by atoms with E-state index in [0.717, 1.165) is 62.4 Å². The summed E-state index contributed by atoms with van der Waals surface area (Å²) in [4.78, 5) is 0. The van der Waals surface area contributed by atoms with Gasteiger partial charge in [-0.2, -0.15) is 0 Å². The van der Waals surface area contributed by atoms with E-state index >= 15 is 0 Å². The summed E-state index contributed by atoms with van der Waals surface area (Å²) >= 11 is 3.44. The second-order valence-electron chi connectivity index (χ2n) is 15.4. The van der Waals surface area contributed by atoms with Crippen molar-refractivity contribution < 1.29 is 0 Å². The van der Waals surface area contributed by atoms with Gasteiger partial charge in [-0.15, -0.1) is 20.4 Å². The van der Waals surface area contributed by atoms with Crippen molar-refractivity contribution >= 4 is 37.7 Å². The average Bonchev–Trinajstić information content (AvgIpc) is 4.12. The van der Waals surface area contributed by atoms with E-state index in [1.54, 1.807) is 0 Å². The molecule has 3 aromatic heterocycles. The van der Waals surface area contributed by atoms with Crippen molar-refractivity contribution in [1.82, 2.24) is 34.1 Å². The van der Waals surface area contributed by atoms with Crippen molar-refractivity contribution in [3.05, 3.63) is 234 Å². The lowest BCUT2D eigenvalue weighted by Crippen LogP contribution is -2.00. The molecular formula is C55H42BrN7. The minimum atomic E-state index is 0.845. The Hall–Kier alpha value is -7.68. The summed E-state index contributed by atoms with van der Waals surface area (Å²) in [6, 6.07) is 71.5. The van der Waals surface area contributed by atoms with Gasteiger partial charge in [0.05, 0.1) is 11.0 Å². The predicted octanol–water partition coefficient (Wildman–Crippen LogP) is 13.6. The van der Waals surface area contributed by atoms with Crippen LogP contribution in [0.3, 0.4) is 0 Å². The Labute approximate surface area is 374 Å². The fourth-order valence-corrected chi connectivity index (χ4v) is 8.77. The molecule has 1 aliphatic carbocycles. The van der Waals surface area contributed by atoms with Crippen LogP contribution < -0.4 is 0 Å². The van der Waals surface area contributed by atoms with E-state index in [1.807, 2.05) is 74.5 Å². The van der Waals surface area contributed by atoms with Gasteiger partial charge in [0.15, 0.2) is 11.6 Å². The number of para-hydroxylation sites is 4. The first-order chi connectivity index (χ1) is 31.0. The molecule has 0 bridgehead atoms. The minimum absolute atomic E-state index is 0.845. The quantitative estimate of drug-likeness (QED) is 0.173. The van der Waals surface area contributed by atoms with E-state index in [1.165, 1.54) is 44.1 Å². The zero-order chi connectivity index (χ0) is 42.7. The number of halogens is 1. The van der Waals surface area contributed by atoms with Crippen molar-refractivity contribution in [2.75, 3.05) is 0 Å². The number of hydrogen-bond acceptors (Lipinski definition) is 4. The smallest absolute Gasteiger partial charge is 0.168 e. The van der Waals surface area contributed by atoms with E-state index in [2.05, 4.69) is 196 Å². The molecule has 8 heteroatoms. The molecule has 0 N–H and O–H groups in total. The first-order valence-electron chi connectivity index (χ1n) is 21.0. The molecule has 0 spiro atoms. The second-order valence-corrected chi connectivity index (χ2v) is 16.3. The molecule has 0 saturated carbocycles. The van der Waals surface area contributed by atoms with Crippen LogP contribution in [0.25, 0.3) is 72.8 Å². The molecule has 0 atom stereocenters. The summed E-state index contributed by atoms with van der Waals surface area (Å²) in [5.74, 6) is 3.45. The Morgan fingerprint density at radius 1 is 0.365 bits per heavy atom. The highest BCUT2D eigenvalue weighted by Gasteiger charge is 2.17. The van der Waals surface area contributed by atoms with Crippen molar-refractivity contribution in [2.45, 2.75) is 20.3 Å². The number of benzene rings is 8. The number of aromatic nitrogens is 7. The van der Waals surface area contributed by atoms with Crippen LogP contribution in [-0.4, -0.2) is 34.1 Å². The number of nitrogens with zero attached hydrogens (tertiary/aromatic N) is 7. The van der Waals surface area contributed by atoms with Crippen LogP contribution in [0.1, 0.15) is 22.8 Å². The maximum atomic E-state index is 4.46. The van der Waals surface area contributed by atoms with Gasteiger partial charge in [-0.05, 0) is 115 Å². The van der Waals surface area contributed by atoms with Gasteiger partial charge in [0, 0.05) is 43.4 Å². The largest absolute Gasteiger partial charge is 0.309 e. The number of hydrogen-bond donors (Lipinski definition) is 0. The third kappa shape index (κ3) is 7.77. The second kappa shape index (κ2) is 17.4. The molecule has 8 aromatic carbocycles. The van der Waals surface area contributed by atoms with Gasteiger partial charge in [-0.3, -0.25) is 9.13 Å². The number of aryl methyl sites for hydroxylation is 2. The molecule has 1 aliphatic rings. The van der Waals surface area contributed by atoms with Gasteiger partial charge < -0.3 is 4.57 Å². The fourth-order valence-electron chi connectivity index (χ4n) is 8.51. The number of fused-ring (bicyclic) bond motifs is 6. The summed E-state index contributed by atoms with van der Waals surface area (Å²) in [5, 5.41) is 19.8. The normalized spacial score (nSPS) is 11.3. The van der Waals surface area contributed by atoms with E-state index in [4.69, 9.17) is 0 Å². The molecule has 11 aromatic rings. The first-order valence-corrected chi connectivity index (χ1v) is 21.8. The standard InChI is InChI=1S/C27H20N4.C15H12BrN3.C13H10/c1-19-28-29-27(30(19)21-9-3-2-4-10-21)20-15-17-22(18-16-20)31-25-13-7-5-11-23(25)24-12-6-8-14-26(24)31;1-11-17-18-15(12-7-9-13(16)10-8-12)19(11)14-5-3-2-4-6-14;1-3-7-12-10(5-1)9-11-6-2-4-8-13(11)12/h2-18H,1H3;2-10H,1H3;1-8H,9H2. The van der Waals surface area contributed by atoms with Gasteiger partial charge in [0.2, 0.25) is 0 Å². The van der Waals surface area contributed by atoms with Gasteiger partial charge in [-0.25, -0.2) is 0 Å². The molecule has 63 heavy (non-hydrogen) atoms. The number of rotatable bonds is 5. The lowest BCUT2D eigenvalue weighted by molar-refractivity contribution is 0.972. The SMILES string of the molecule is Cc1nnc(-c2ccc(-n3c4ccccc4c4ccccc43)cc2)n1-c1ccccc1.Cc1nnc(-c2ccc(Br)cc2)n1-c1ccccc1.c1ccc2c(c1)Cc1ccccc1-2. The Balaban J connectivity index is 0.000000125. The predicted molar refractivity (Wildman–Crippen MR) is 260 cm³/mol. The fraction of sp³-hybridized carbons (Fsp3) is 0.0545. The lowest BCUT2D eigenvalue weighted by atomic mass is 10.1. The van der Waals surface area contributed by atoms with E-state index in [0.29, 0.717) is 0 Å². The monoisotopic (exact) mass is 879 g/mol. The molecule has 3 heterocycles. The first kappa shape index (κ1) is 39.5. The highest BCUT2D eigenvalue weighted by Crippen LogP contribution is 2.36. The third-order valence-corrected chi connectivity index (χ3v) is 12.0. The summed E-state index contributed by atoms with van der Waals surface area (Å²) in [6.07, 6.45) is 1.10. The average molecular weight is 881 g/mol. The van der Waals surface area contributed by atoms with Crippen LogP contribution in [0.4, 0.5) is 0 Å². The molecule has 0 unspecified atom stereocenters. The Bertz CT molecular complexity index is 3230. The molecule has 0 saturated heterocycles. The molecule has 7 nitrogen and oxygen atoms in total. The molecule has 12 rings (SSSR count). The van der Waals surface area contributed by atoms with Crippen molar-refractivity contribution in [1.29, 1.82) is 0 Å². The van der Waals surface area contributed by atoms with Gasteiger partial charge in [0.1, 0.15) is 11.6 Å². The molecule has 0 aliphatic heterocycles. The van der Waals surface area contributed by atoms with Gasteiger partial charge in [-0.1, -0.05) is 149 Å². The summed E-state index contributed by atoms with van der Waals surface area (Å²) in [6.45, 7) is 3.94. The van der Waals surface area contributed by atoms with E-state index < -0.39 is 0 Å². The summed E-state index contributed by atoms with van der Waals surface area (Å²) < 4.78 is 7.53.